The monoisotopic (exact) mass is 280 g/mol. The number of hydrogen-bond donors (Lipinski definition) is 0. The maximum Gasteiger partial charge on any atom is 0.362 e. The number of rotatable bonds is 4. The minimum Gasteiger partial charge on any atom is -0.327 e. The van der Waals surface area contributed by atoms with Crippen LogP contribution in [0, 0.1) is 0 Å². The molecule has 0 N–H and O–H groups in total. The second-order valence-electron chi connectivity index (χ2n) is 5.57. The molecule has 5 heteroatoms. The average Bonchev–Trinajstić information content (AvgIpc) is 3.06. The van der Waals surface area contributed by atoms with Crippen molar-refractivity contribution in [2.45, 2.75) is 58.8 Å². The van der Waals surface area contributed by atoms with Crippen LogP contribution in [0.15, 0.2) is 9.32 Å². The Balaban J connectivity index is 2.41. The van der Waals surface area contributed by atoms with Gasteiger partial charge >= 0.3 is 11.7 Å². The highest BCUT2D eigenvalue weighted by Gasteiger charge is 2.28. The SMILES string of the molecule is CCCc1c(C(C)CC)c(=O)on1C(=O)N1CCCC1. The Morgan fingerprint density at radius 2 is 1.95 bits per heavy atom. The summed E-state index contributed by atoms with van der Waals surface area (Å²) in [5.74, 6) is 0.125. The lowest BCUT2D eigenvalue weighted by Crippen LogP contribution is -2.32. The van der Waals surface area contributed by atoms with E-state index in [1.54, 1.807) is 4.90 Å². The number of aromatic nitrogens is 1. The smallest absolute Gasteiger partial charge is 0.327 e. The highest BCUT2D eigenvalue weighted by molar-refractivity contribution is 5.76. The molecule has 5 nitrogen and oxygen atoms in total. The molecule has 0 aliphatic carbocycles. The zero-order valence-electron chi connectivity index (χ0n) is 12.6. The fourth-order valence-electron chi connectivity index (χ4n) is 2.77. The van der Waals surface area contributed by atoms with Crippen molar-refractivity contribution in [2.24, 2.45) is 0 Å². The van der Waals surface area contributed by atoms with Crippen LogP contribution in [-0.2, 0) is 6.42 Å². The van der Waals surface area contributed by atoms with Crippen molar-refractivity contribution in [1.82, 2.24) is 9.64 Å². The molecule has 112 valence electrons. The first kappa shape index (κ1) is 14.9. The van der Waals surface area contributed by atoms with E-state index in [0.29, 0.717) is 12.0 Å². The van der Waals surface area contributed by atoms with E-state index in [-0.39, 0.29) is 17.6 Å². The third-order valence-electron chi connectivity index (χ3n) is 4.09. The van der Waals surface area contributed by atoms with Gasteiger partial charge in [0.2, 0.25) is 0 Å². The first-order chi connectivity index (χ1) is 9.60. The van der Waals surface area contributed by atoms with Crippen molar-refractivity contribution in [2.75, 3.05) is 13.1 Å². The highest BCUT2D eigenvalue weighted by atomic mass is 16.5. The largest absolute Gasteiger partial charge is 0.362 e. The van der Waals surface area contributed by atoms with Crippen LogP contribution in [0.1, 0.15) is 63.6 Å². The quantitative estimate of drug-likeness (QED) is 0.852. The Hall–Kier alpha value is -1.52. The number of nitrogens with zero attached hydrogens (tertiary/aromatic N) is 2. The van der Waals surface area contributed by atoms with Crippen molar-refractivity contribution in [1.29, 1.82) is 0 Å². The second-order valence-corrected chi connectivity index (χ2v) is 5.57. The van der Waals surface area contributed by atoms with Gasteiger partial charge in [0.1, 0.15) is 0 Å². The molecule has 0 radical (unpaired) electrons. The van der Waals surface area contributed by atoms with Crippen LogP contribution in [0.3, 0.4) is 0 Å². The molecule has 0 spiro atoms. The van der Waals surface area contributed by atoms with Gasteiger partial charge in [-0.25, -0.2) is 9.59 Å². The number of hydrogen-bond acceptors (Lipinski definition) is 3. The van der Waals surface area contributed by atoms with E-state index in [2.05, 4.69) is 0 Å². The first-order valence-electron chi connectivity index (χ1n) is 7.64. The molecular weight excluding hydrogens is 256 g/mol. The molecule has 1 saturated heterocycles. The van der Waals surface area contributed by atoms with E-state index in [4.69, 9.17) is 4.52 Å². The summed E-state index contributed by atoms with van der Waals surface area (Å²) in [6.07, 6.45) is 4.50. The molecule has 20 heavy (non-hydrogen) atoms. The highest BCUT2D eigenvalue weighted by Crippen LogP contribution is 2.22. The minimum absolute atomic E-state index is 0.125. The molecule has 0 bridgehead atoms. The minimum atomic E-state index is -0.352. The zero-order valence-corrected chi connectivity index (χ0v) is 12.6. The molecule has 1 atom stereocenters. The molecule has 0 aromatic carbocycles. The van der Waals surface area contributed by atoms with Crippen LogP contribution in [-0.4, -0.2) is 28.8 Å². The van der Waals surface area contributed by atoms with Gasteiger partial charge in [-0.15, -0.1) is 4.74 Å². The number of amides is 1. The Labute approximate surface area is 119 Å². The van der Waals surface area contributed by atoms with Crippen LogP contribution >= 0.6 is 0 Å². The topological polar surface area (TPSA) is 55.5 Å². The van der Waals surface area contributed by atoms with Crippen LogP contribution in [0.2, 0.25) is 0 Å². The third-order valence-corrected chi connectivity index (χ3v) is 4.09. The predicted molar refractivity (Wildman–Crippen MR) is 77.3 cm³/mol. The molecule has 2 rings (SSSR count). The second kappa shape index (κ2) is 6.29. The van der Waals surface area contributed by atoms with E-state index >= 15 is 0 Å². The Morgan fingerprint density at radius 1 is 1.30 bits per heavy atom. The van der Waals surface area contributed by atoms with Crippen LogP contribution < -0.4 is 5.63 Å². The molecule has 1 aliphatic rings. The summed E-state index contributed by atoms with van der Waals surface area (Å²) in [5.41, 5.74) is 1.10. The molecule has 1 aliphatic heterocycles. The standard InChI is InChI=1S/C15H24N2O3/c1-4-8-12-13(11(3)5-2)14(18)20-17(12)15(19)16-9-6-7-10-16/h11H,4-10H2,1-3H3. The molecule has 1 aromatic heterocycles. The van der Waals surface area contributed by atoms with Gasteiger partial charge in [-0.3, -0.25) is 0 Å². The van der Waals surface area contributed by atoms with Crippen LogP contribution in [0.25, 0.3) is 0 Å². The summed E-state index contributed by atoms with van der Waals surface area (Å²) in [4.78, 5) is 26.3. The van der Waals surface area contributed by atoms with Crippen molar-refractivity contribution in [3.05, 3.63) is 21.7 Å². The van der Waals surface area contributed by atoms with Crippen molar-refractivity contribution in [3.63, 3.8) is 0 Å². The van der Waals surface area contributed by atoms with Gasteiger partial charge in [-0.2, -0.15) is 0 Å². The lowest BCUT2D eigenvalue weighted by Gasteiger charge is -2.16. The van der Waals surface area contributed by atoms with Gasteiger partial charge in [0.25, 0.3) is 0 Å². The molecular formula is C15H24N2O3. The summed E-state index contributed by atoms with van der Waals surface area (Å²) in [6, 6.07) is -0.183. The Kier molecular flexibility index (Phi) is 4.68. The fourth-order valence-corrected chi connectivity index (χ4v) is 2.77. The molecule has 1 amide bonds. The van der Waals surface area contributed by atoms with Gasteiger partial charge in [-0.1, -0.05) is 27.2 Å². The van der Waals surface area contributed by atoms with Gasteiger partial charge in [0.15, 0.2) is 0 Å². The van der Waals surface area contributed by atoms with Gasteiger partial charge in [0.05, 0.1) is 11.3 Å². The summed E-state index contributed by atoms with van der Waals surface area (Å²) < 4.78 is 6.51. The zero-order chi connectivity index (χ0) is 14.7. The van der Waals surface area contributed by atoms with E-state index in [9.17, 15) is 9.59 Å². The van der Waals surface area contributed by atoms with Gasteiger partial charge in [0, 0.05) is 13.1 Å². The van der Waals surface area contributed by atoms with Crippen LogP contribution in [0.5, 0.6) is 0 Å². The van der Waals surface area contributed by atoms with E-state index < -0.39 is 0 Å². The van der Waals surface area contributed by atoms with E-state index in [1.165, 1.54) is 4.74 Å². The normalized spacial score (nSPS) is 16.6. The van der Waals surface area contributed by atoms with Crippen LogP contribution in [0.4, 0.5) is 4.79 Å². The first-order valence-corrected chi connectivity index (χ1v) is 7.64. The molecule has 1 fully saturated rings. The lowest BCUT2D eigenvalue weighted by atomic mass is 9.97. The molecule has 1 aromatic rings. The Morgan fingerprint density at radius 3 is 2.50 bits per heavy atom. The molecule has 1 unspecified atom stereocenters. The lowest BCUT2D eigenvalue weighted by molar-refractivity contribution is 0.173. The van der Waals surface area contributed by atoms with Gasteiger partial charge in [-0.05, 0) is 31.6 Å². The predicted octanol–water partition coefficient (Wildman–Crippen LogP) is 2.97. The van der Waals surface area contributed by atoms with E-state index in [1.807, 2.05) is 20.8 Å². The maximum atomic E-state index is 12.5. The molecule has 0 saturated carbocycles. The number of carbonyl (C=O) groups excluding carboxylic acids is 1. The fraction of sp³-hybridized carbons (Fsp3) is 0.733. The maximum absolute atomic E-state index is 12.5. The summed E-state index contributed by atoms with van der Waals surface area (Å²) in [6.45, 7) is 7.61. The van der Waals surface area contributed by atoms with Crippen molar-refractivity contribution >= 4 is 6.03 Å². The average molecular weight is 280 g/mol. The van der Waals surface area contributed by atoms with Gasteiger partial charge < -0.3 is 9.42 Å². The van der Waals surface area contributed by atoms with E-state index in [0.717, 1.165) is 44.5 Å². The van der Waals surface area contributed by atoms with Crippen molar-refractivity contribution < 1.29 is 9.32 Å². The number of likely N-dealkylation sites (tertiary alicyclic amines) is 1. The summed E-state index contributed by atoms with van der Waals surface area (Å²) >= 11 is 0. The molecule has 2 heterocycles. The summed E-state index contributed by atoms with van der Waals surface area (Å²) in [5, 5.41) is 0. The summed E-state index contributed by atoms with van der Waals surface area (Å²) in [7, 11) is 0. The Bertz CT molecular complexity index is 524. The number of carbonyl (C=O) groups is 1. The third kappa shape index (κ3) is 2.67. The van der Waals surface area contributed by atoms with Crippen molar-refractivity contribution in [3.8, 4) is 0 Å².